The van der Waals surface area contributed by atoms with Gasteiger partial charge < -0.3 is 4.79 Å². The highest BCUT2D eigenvalue weighted by Gasteiger charge is 1.95. The largest absolute Gasteiger partial charge is 0.303 e. The third-order valence-electron chi connectivity index (χ3n) is 1.68. The van der Waals surface area contributed by atoms with E-state index in [1.165, 1.54) is 0 Å². The van der Waals surface area contributed by atoms with Crippen LogP contribution in [0, 0.1) is 6.92 Å². The van der Waals surface area contributed by atoms with Crippen LogP contribution >= 0.6 is 11.6 Å². The first kappa shape index (κ1) is 10.0. The molecule has 0 aliphatic heterocycles. The Labute approximate surface area is 83.0 Å². The molecule has 0 saturated carbocycles. The summed E-state index contributed by atoms with van der Waals surface area (Å²) in [7, 11) is 0. The summed E-state index contributed by atoms with van der Waals surface area (Å²) in [6.45, 7) is 2.01. The van der Waals surface area contributed by atoms with Gasteiger partial charge in [-0.05, 0) is 18.6 Å². The molecule has 0 aromatic heterocycles. The van der Waals surface area contributed by atoms with Crippen LogP contribution in [0.4, 0.5) is 0 Å². The van der Waals surface area contributed by atoms with E-state index in [0.717, 1.165) is 17.4 Å². The third kappa shape index (κ3) is 3.03. The topological polar surface area (TPSA) is 17.1 Å². The third-order valence-corrected chi connectivity index (χ3v) is 2.03. The van der Waals surface area contributed by atoms with E-state index in [9.17, 15) is 4.79 Å². The number of carbonyl (C=O) groups is 1. The van der Waals surface area contributed by atoms with Crippen molar-refractivity contribution in [3.05, 3.63) is 40.4 Å². The molecule has 0 atom stereocenters. The standard InChI is InChI=1S/C11H11ClO/c1-9-5-6-11(12)10(8-9)4-2-3-7-13/h2,4-8H,3H2,1H3. The number of allylic oxidation sites excluding steroid dienone is 1. The summed E-state index contributed by atoms with van der Waals surface area (Å²) >= 11 is 5.94. The van der Waals surface area contributed by atoms with Crippen molar-refractivity contribution in [2.45, 2.75) is 13.3 Å². The van der Waals surface area contributed by atoms with E-state index in [0.29, 0.717) is 11.4 Å². The zero-order valence-electron chi connectivity index (χ0n) is 7.46. The van der Waals surface area contributed by atoms with Gasteiger partial charge in [-0.25, -0.2) is 0 Å². The minimum Gasteiger partial charge on any atom is -0.303 e. The van der Waals surface area contributed by atoms with Crippen molar-refractivity contribution in [2.75, 3.05) is 0 Å². The van der Waals surface area contributed by atoms with Gasteiger partial charge in [-0.15, -0.1) is 0 Å². The van der Waals surface area contributed by atoms with E-state index in [2.05, 4.69) is 0 Å². The van der Waals surface area contributed by atoms with Crippen LogP contribution in [0.3, 0.4) is 0 Å². The van der Waals surface area contributed by atoms with E-state index in [1.54, 1.807) is 6.08 Å². The highest BCUT2D eigenvalue weighted by atomic mass is 35.5. The van der Waals surface area contributed by atoms with Gasteiger partial charge in [0.05, 0.1) is 0 Å². The Morgan fingerprint density at radius 1 is 1.46 bits per heavy atom. The molecule has 1 aromatic carbocycles. The van der Waals surface area contributed by atoms with Gasteiger partial charge in [0.2, 0.25) is 0 Å². The van der Waals surface area contributed by atoms with Crippen LogP contribution in [-0.2, 0) is 4.79 Å². The maximum absolute atomic E-state index is 10.1. The molecule has 1 nitrogen and oxygen atoms in total. The number of aryl methyl sites for hydroxylation is 1. The molecule has 1 rings (SSSR count). The summed E-state index contributed by atoms with van der Waals surface area (Å²) in [6, 6.07) is 5.81. The molecule has 2 heteroatoms. The molecule has 1 aromatic rings. The molecule has 0 N–H and O–H groups in total. The maximum atomic E-state index is 10.1. The monoisotopic (exact) mass is 194 g/mol. The molecule has 0 unspecified atom stereocenters. The highest BCUT2D eigenvalue weighted by molar-refractivity contribution is 6.32. The van der Waals surface area contributed by atoms with Crippen LogP contribution in [0.2, 0.25) is 5.02 Å². The van der Waals surface area contributed by atoms with Gasteiger partial charge in [-0.3, -0.25) is 0 Å². The molecule has 0 spiro atoms. The molecule has 0 radical (unpaired) electrons. The predicted molar refractivity (Wildman–Crippen MR) is 55.9 cm³/mol. The second kappa shape index (κ2) is 4.83. The van der Waals surface area contributed by atoms with Crippen LogP contribution in [0.15, 0.2) is 24.3 Å². The summed E-state index contributed by atoms with van der Waals surface area (Å²) in [5, 5.41) is 0.716. The van der Waals surface area contributed by atoms with E-state index >= 15 is 0 Å². The number of rotatable bonds is 3. The molecule has 0 saturated heterocycles. The molecule has 0 fully saturated rings. The van der Waals surface area contributed by atoms with Gasteiger partial charge in [-0.2, -0.15) is 0 Å². The Morgan fingerprint density at radius 2 is 2.23 bits per heavy atom. The second-order valence-electron chi connectivity index (χ2n) is 2.83. The summed E-state index contributed by atoms with van der Waals surface area (Å²) in [4.78, 5) is 10.1. The zero-order valence-corrected chi connectivity index (χ0v) is 8.21. The second-order valence-corrected chi connectivity index (χ2v) is 3.24. The summed E-state index contributed by atoms with van der Waals surface area (Å²) in [5.74, 6) is 0. The van der Waals surface area contributed by atoms with Crippen LogP contribution in [0.5, 0.6) is 0 Å². The van der Waals surface area contributed by atoms with Crippen molar-refractivity contribution in [3.63, 3.8) is 0 Å². The van der Waals surface area contributed by atoms with Gasteiger partial charge in [0, 0.05) is 11.4 Å². The Balaban J connectivity index is 2.86. The lowest BCUT2D eigenvalue weighted by atomic mass is 10.1. The average Bonchev–Trinajstić information content (AvgIpc) is 2.11. The SMILES string of the molecule is Cc1ccc(Cl)c(C=CCC=O)c1. The van der Waals surface area contributed by atoms with Crippen LogP contribution in [0.25, 0.3) is 6.08 Å². The molecule has 0 amide bonds. The van der Waals surface area contributed by atoms with Gasteiger partial charge in [0.25, 0.3) is 0 Å². The van der Waals surface area contributed by atoms with Crippen LogP contribution in [-0.4, -0.2) is 6.29 Å². The minimum absolute atomic E-state index is 0.435. The lowest BCUT2D eigenvalue weighted by molar-refractivity contribution is -0.107. The Bertz CT molecular complexity index is 329. The fourth-order valence-electron chi connectivity index (χ4n) is 1.04. The number of halogens is 1. The summed E-state index contributed by atoms with van der Waals surface area (Å²) in [5.41, 5.74) is 2.12. The fraction of sp³-hybridized carbons (Fsp3) is 0.182. The van der Waals surface area contributed by atoms with E-state index in [1.807, 2.05) is 31.2 Å². The Morgan fingerprint density at radius 3 is 2.92 bits per heavy atom. The van der Waals surface area contributed by atoms with E-state index in [-0.39, 0.29) is 0 Å². The van der Waals surface area contributed by atoms with Crippen molar-refractivity contribution < 1.29 is 4.79 Å². The predicted octanol–water partition coefficient (Wildman–Crippen LogP) is 3.25. The molecule has 0 bridgehead atoms. The van der Waals surface area contributed by atoms with Crippen molar-refractivity contribution in [1.82, 2.24) is 0 Å². The van der Waals surface area contributed by atoms with Crippen LogP contribution in [0.1, 0.15) is 17.5 Å². The number of carbonyl (C=O) groups excluding carboxylic acids is 1. The van der Waals surface area contributed by atoms with Gasteiger partial charge in [-0.1, -0.05) is 41.4 Å². The number of hydrogen-bond donors (Lipinski definition) is 0. The molecular formula is C11H11ClO. The van der Waals surface area contributed by atoms with Crippen molar-refractivity contribution >= 4 is 24.0 Å². The lowest BCUT2D eigenvalue weighted by Gasteiger charge is -1.98. The Hall–Kier alpha value is -1.08. The Kier molecular flexibility index (Phi) is 3.71. The van der Waals surface area contributed by atoms with Gasteiger partial charge in [0.15, 0.2) is 0 Å². The van der Waals surface area contributed by atoms with Gasteiger partial charge in [0.1, 0.15) is 6.29 Å². The lowest BCUT2D eigenvalue weighted by Crippen LogP contribution is -1.78. The fourth-order valence-corrected chi connectivity index (χ4v) is 1.22. The van der Waals surface area contributed by atoms with Crippen molar-refractivity contribution in [3.8, 4) is 0 Å². The first-order valence-electron chi connectivity index (χ1n) is 4.10. The summed E-state index contributed by atoms with van der Waals surface area (Å²) in [6.07, 6.45) is 4.96. The number of hydrogen-bond acceptors (Lipinski definition) is 1. The highest BCUT2D eigenvalue weighted by Crippen LogP contribution is 2.18. The maximum Gasteiger partial charge on any atom is 0.123 e. The summed E-state index contributed by atoms with van der Waals surface area (Å²) < 4.78 is 0. The van der Waals surface area contributed by atoms with Crippen molar-refractivity contribution in [1.29, 1.82) is 0 Å². The minimum atomic E-state index is 0.435. The van der Waals surface area contributed by atoms with Crippen molar-refractivity contribution in [2.24, 2.45) is 0 Å². The van der Waals surface area contributed by atoms with E-state index in [4.69, 9.17) is 11.6 Å². The first-order valence-corrected chi connectivity index (χ1v) is 4.48. The first-order chi connectivity index (χ1) is 6.24. The normalized spacial score (nSPS) is 10.6. The molecule has 13 heavy (non-hydrogen) atoms. The van der Waals surface area contributed by atoms with Gasteiger partial charge >= 0.3 is 0 Å². The molecule has 0 heterocycles. The average molecular weight is 195 g/mol. The molecule has 0 aliphatic carbocycles. The number of aldehydes is 1. The molecular weight excluding hydrogens is 184 g/mol. The molecule has 68 valence electrons. The smallest absolute Gasteiger partial charge is 0.123 e. The van der Waals surface area contributed by atoms with Crippen LogP contribution < -0.4 is 0 Å². The quantitative estimate of drug-likeness (QED) is 0.676. The molecule has 0 aliphatic rings. The zero-order chi connectivity index (χ0) is 9.68. The number of benzene rings is 1. The van der Waals surface area contributed by atoms with E-state index < -0.39 is 0 Å².